The Kier molecular flexibility index (Phi) is 4.85. The van der Waals surface area contributed by atoms with Gasteiger partial charge in [0.05, 0.1) is 5.60 Å². The second-order valence-corrected chi connectivity index (χ2v) is 4.36. The smallest absolute Gasteiger partial charge is 0.0766 e. The van der Waals surface area contributed by atoms with E-state index in [-0.39, 0.29) is 0 Å². The van der Waals surface area contributed by atoms with E-state index in [0.717, 1.165) is 32.5 Å². The summed E-state index contributed by atoms with van der Waals surface area (Å²) in [5.74, 6) is 0. The van der Waals surface area contributed by atoms with Crippen LogP contribution >= 0.6 is 0 Å². The Morgan fingerprint density at radius 3 is 2.64 bits per heavy atom. The molecule has 84 valence electrons. The monoisotopic (exact) mass is 200 g/mol. The normalized spacial score (nSPS) is 23.8. The molecule has 0 aromatic rings. The summed E-state index contributed by atoms with van der Waals surface area (Å²) in [5.41, 5.74) is -0.503. The average molecular weight is 200 g/mol. The third-order valence-electron chi connectivity index (χ3n) is 3.33. The fourth-order valence-corrected chi connectivity index (χ4v) is 1.86. The Labute approximate surface area is 87.3 Å². The molecule has 0 bridgehead atoms. The predicted molar refractivity (Wildman–Crippen MR) is 59.4 cm³/mol. The molecule has 0 saturated carbocycles. The highest BCUT2D eigenvalue weighted by molar-refractivity contribution is 4.82. The second kappa shape index (κ2) is 5.69. The van der Waals surface area contributed by atoms with Gasteiger partial charge in [-0.3, -0.25) is 0 Å². The highest BCUT2D eigenvalue weighted by atomic mass is 16.3. The van der Waals surface area contributed by atoms with Crippen LogP contribution in [0.25, 0.3) is 0 Å². The molecule has 0 aromatic carbocycles. The molecule has 1 aliphatic rings. The first-order valence-electron chi connectivity index (χ1n) is 5.86. The van der Waals surface area contributed by atoms with E-state index in [9.17, 15) is 5.11 Å². The van der Waals surface area contributed by atoms with E-state index in [1.165, 1.54) is 12.8 Å². The molecule has 3 heteroatoms. The Morgan fingerprint density at radius 2 is 2.14 bits per heavy atom. The van der Waals surface area contributed by atoms with Crippen LogP contribution < -0.4 is 10.6 Å². The van der Waals surface area contributed by atoms with Gasteiger partial charge in [0.2, 0.25) is 0 Å². The lowest BCUT2D eigenvalue weighted by Gasteiger charge is -2.30. The molecule has 1 fully saturated rings. The van der Waals surface area contributed by atoms with Gasteiger partial charge in [-0.15, -0.1) is 0 Å². The van der Waals surface area contributed by atoms with Crippen molar-refractivity contribution in [3.63, 3.8) is 0 Å². The summed E-state index contributed by atoms with van der Waals surface area (Å²) >= 11 is 0. The summed E-state index contributed by atoms with van der Waals surface area (Å²) in [5, 5.41) is 16.9. The number of piperidine rings is 1. The molecule has 0 radical (unpaired) electrons. The molecular formula is C11H24N2O. The second-order valence-electron chi connectivity index (χ2n) is 4.36. The SMILES string of the molecule is CCC(O)(CC)CNC1CCCNC1. The van der Waals surface area contributed by atoms with Crippen LogP contribution in [0.1, 0.15) is 39.5 Å². The fraction of sp³-hybridized carbons (Fsp3) is 1.00. The molecule has 0 aromatic heterocycles. The zero-order valence-electron chi connectivity index (χ0n) is 9.47. The van der Waals surface area contributed by atoms with Crippen LogP contribution in [-0.2, 0) is 0 Å². The first kappa shape index (κ1) is 12.0. The lowest BCUT2D eigenvalue weighted by Crippen LogP contribution is -2.49. The van der Waals surface area contributed by atoms with Gasteiger partial charge in [-0.1, -0.05) is 13.8 Å². The minimum Gasteiger partial charge on any atom is -0.389 e. The van der Waals surface area contributed by atoms with Crippen molar-refractivity contribution in [2.45, 2.75) is 51.2 Å². The van der Waals surface area contributed by atoms with Crippen molar-refractivity contribution in [2.24, 2.45) is 0 Å². The van der Waals surface area contributed by atoms with E-state index in [1.807, 2.05) is 13.8 Å². The van der Waals surface area contributed by atoms with Gasteiger partial charge in [0.25, 0.3) is 0 Å². The van der Waals surface area contributed by atoms with Gasteiger partial charge in [0, 0.05) is 19.1 Å². The van der Waals surface area contributed by atoms with Crippen LogP contribution in [0.5, 0.6) is 0 Å². The van der Waals surface area contributed by atoms with Crippen molar-refractivity contribution < 1.29 is 5.11 Å². The third-order valence-corrected chi connectivity index (χ3v) is 3.33. The molecule has 1 unspecified atom stereocenters. The number of nitrogens with one attached hydrogen (secondary N) is 2. The molecule has 1 atom stereocenters. The van der Waals surface area contributed by atoms with E-state index >= 15 is 0 Å². The molecule has 0 spiro atoms. The van der Waals surface area contributed by atoms with Crippen LogP contribution in [0, 0.1) is 0 Å². The fourth-order valence-electron chi connectivity index (χ4n) is 1.86. The highest BCUT2D eigenvalue weighted by Gasteiger charge is 2.23. The first-order valence-corrected chi connectivity index (χ1v) is 5.86. The summed E-state index contributed by atoms with van der Waals surface area (Å²) in [7, 11) is 0. The lowest BCUT2D eigenvalue weighted by atomic mass is 9.96. The van der Waals surface area contributed by atoms with Gasteiger partial charge in [0.1, 0.15) is 0 Å². The minimum absolute atomic E-state index is 0.503. The Balaban J connectivity index is 2.23. The summed E-state index contributed by atoms with van der Waals surface area (Å²) in [4.78, 5) is 0. The predicted octanol–water partition coefficient (Wildman–Crippen LogP) is 0.879. The van der Waals surface area contributed by atoms with Gasteiger partial charge >= 0.3 is 0 Å². The summed E-state index contributed by atoms with van der Waals surface area (Å²) in [6.45, 7) is 7.01. The molecular weight excluding hydrogens is 176 g/mol. The molecule has 1 rings (SSSR count). The van der Waals surface area contributed by atoms with Crippen molar-refractivity contribution in [3.8, 4) is 0 Å². The topological polar surface area (TPSA) is 44.3 Å². The largest absolute Gasteiger partial charge is 0.389 e. The summed E-state index contributed by atoms with van der Waals surface area (Å²) in [6.07, 6.45) is 4.14. The lowest BCUT2D eigenvalue weighted by molar-refractivity contribution is 0.0291. The van der Waals surface area contributed by atoms with Gasteiger partial charge in [-0.2, -0.15) is 0 Å². The number of hydrogen-bond donors (Lipinski definition) is 3. The van der Waals surface area contributed by atoms with Crippen LogP contribution in [0.2, 0.25) is 0 Å². The van der Waals surface area contributed by atoms with Crippen LogP contribution in [-0.4, -0.2) is 36.4 Å². The number of aliphatic hydroxyl groups is 1. The molecule has 3 nitrogen and oxygen atoms in total. The maximum absolute atomic E-state index is 10.1. The maximum Gasteiger partial charge on any atom is 0.0766 e. The Bertz CT molecular complexity index is 151. The van der Waals surface area contributed by atoms with Crippen LogP contribution in [0.4, 0.5) is 0 Å². The zero-order chi connectivity index (χ0) is 10.4. The third kappa shape index (κ3) is 3.56. The van der Waals surface area contributed by atoms with Crippen molar-refractivity contribution >= 4 is 0 Å². The first-order chi connectivity index (χ1) is 6.70. The quantitative estimate of drug-likeness (QED) is 0.617. The highest BCUT2D eigenvalue weighted by Crippen LogP contribution is 2.13. The van der Waals surface area contributed by atoms with E-state index in [4.69, 9.17) is 0 Å². The standard InChI is InChI=1S/C11H24N2O/c1-3-11(14,4-2)9-13-10-6-5-7-12-8-10/h10,12-14H,3-9H2,1-2H3. The van der Waals surface area contributed by atoms with Crippen LogP contribution in [0.3, 0.4) is 0 Å². The molecule has 1 heterocycles. The van der Waals surface area contributed by atoms with Crippen molar-refractivity contribution in [2.75, 3.05) is 19.6 Å². The van der Waals surface area contributed by atoms with Crippen LogP contribution in [0.15, 0.2) is 0 Å². The molecule has 0 amide bonds. The molecule has 1 saturated heterocycles. The van der Waals surface area contributed by atoms with Crippen molar-refractivity contribution in [1.29, 1.82) is 0 Å². The Morgan fingerprint density at radius 1 is 1.43 bits per heavy atom. The summed E-state index contributed by atoms with van der Waals surface area (Å²) < 4.78 is 0. The Hall–Kier alpha value is -0.120. The van der Waals surface area contributed by atoms with Gasteiger partial charge in [-0.05, 0) is 32.2 Å². The van der Waals surface area contributed by atoms with E-state index < -0.39 is 5.60 Å². The van der Waals surface area contributed by atoms with Gasteiger partial charge < -0.3 is 15.7 Å². The molecule has 0 aliphatic carbocycles. The molecule has 3 N–H and O–H groups in total. The van der Waals surface area contributed by atoms with E-state index in [0.29, 0.717) is 6.04 Å². The van der Waals surface area contributed by atoms with Gasteiger partial charge in [0.15, 0.2) is 0 Å². The number of rotatable bonds is 5. The molecule has 1 aliphatic heterocycles. The number of hydrogen-bond acceptors (Lipinski definition) is 3. The van der Waals surface area contributed by atoms with Crippen molar-refractivity contribution in [1.82, 2.24) is 10.6 Å². The van der Waals surface area contributed by atoms with Crippen molar-refractivity contribution in [3.05, 3.63) is 0 Å². The van der Waals surface area contributed by atoms with Gasteiger partial charge in [-0.25, -0.2) is 0 Å². The maximum atomic E-state index is 10.1. The minimum atomic E-state index is -0.503. The average Bonchev–Trinajstić information content (AvgIpc) is 2.27. The van der Waals surface area contributed by atoms with E-state index in [2.05, 4.69) is 10.6 Å². The molecule has 14 heavy (non-hydrogen) atoms. The summed E-state index contributed by atoms with van der Waals surface area (Å²) in [6, 6.07) is 0.549. The van der Waals surface area contributed by atoms with E-state index in [1.54, 1.807) is 0 Å². The zero-order valence-corrected chi connectivity index (χ0v) is 9.47.